The van der Waals surface area contributed by atoms with Crippen molar-refractivity contribution in [3.63, 3.8) is 0 Å². The molecule has 1 aromatic heterocycles. The largest absolute Gasteiger partial charge is 0.316 e. The molecule has 0 aliphatic carbocycles. The van der Waals surface area contributed by atoms with E-state index in [1.165, 1.54) is 6.07 Å². The van der Waals surface area contributed by atoms with Gasteiger partial charge in [0.1, 0.15) is 0 Å². The second-order valence-corrected chi connectivity index (χ2v) is 4.96. The molecule has 0 fully saturated rings. The summed E-state index contributed by atoms with van der Waals surface area (Å²) in [7, 11) is 1.95. The first-order valence-electron chi connectivity index (χ1n) is 6.79. The molecule has 2 rings (SSSR count). The van der Waals surface area contributed by atoms with Gasteiger partial charge in [-0.3, -0.25) is 15.1 Å². The molecule has 20 heavy (non-hydrogen) atoms. The minimum Gasteiger partial charge on any atom is -0.316 e. The molecular formula is C15H19N3O2. The lowest BCUT2D eigenvalue weighted by atomic mass is 9.95. The number of benzene rings is 1. The Balaban J connectivity index is 2.39. The maximum atomic E-state index is 10.8. The van der Waals surface area contributed by atoms with Crippen LogP contribution in [0.1, 0.15) is 31.9 Å². The molecule has 0 saturated carbocycles. The van der Waals surface area contributed by atoms with E-state index in [9.17, 15) is 10.1 Å². The van der Waals surface area contributed by atoms with E-state index >= 15 is 0 Å². The summed E-state index contributed by atoms with van der Waals surface area (Å²) in [6.07, 6.45) is 1.03. The van der Waals surface area contributed by atoms with Crippen molar-refractivity contribution < 1.29 is 4.92 Å². The first-order valence-corrected chi connectivity index (χ1v) is 6.79. The van der Waals surface area contributed by atoms with Gasteiger partial charge in [-0.1, -0.05) is 19.9 Å². The molecule has 1 N–H and O–H groups in total. The quantitative estimate of drug-likeness (QED) is 0.670. The van der Waals surface area contributed by atoms with E-state index in [0.29, 0.717) is 12.0 Å². The Kier molecular flexibility index (Phi) is 4.29. The molecule has 0 amide bonds. The number of nitro benzene ring substituents is 1. The van der Waals surface area contributed by atoms with Crippen molar-refractivity contribution in [3.05, 3.63) is 46.1 Å². The summed E-state index contributed by atoms with van der Waals surface area (Å²) in [4.78, 5) is 15.0. The first-order chi connectivity index (χ1) is 9.56. The second-order valence-electron chi connectivity index (χ2n) is 4.96. The van der Waals surface area contributed by atoms with Gasteiger partial charge in [-0.15, -0.1) is 0 Å². The number of fused-ring (bicyclic) bond motifs is 1. The highest BCUT2D eigenvalue weighted by atomic mass is 16.6. The van der Waals surface area contributed by atoms with Crippen molar-refractivity contribution in [1.29, 1.82) is 0 Å². The molecule has 0 saturated heterocycles. The lowest BCUT2D eigenvalue weighted by Crippen LogP contribution is -2.30. The van der Waals surface area contributed by atoms with Crippen LogP contribution < -0.4 is 5.32 Å². The van der Waals surface area contributed by atoms with Gasteiger partial charge in [-0.25, -0.2) is 0 Å². The molecule has 0 aliphatic rings. The first kappa shape index (κ1) is 14.4. The van der Waals surface area contributed by atoms with Crippen LogP contribution in [-0.4, -0.2) is 23.0 Å². The Morgan fingerprint density at radius 2 is 2.10 bits per heavy atom. The molecule has 1 aromatic carbocycles. The number of non-ortho nitro benzene ring substituents is 1. The molecule has 1 heterocycles. The van der Waals surface area contributed by atoms with Gasteiger partial charge in [0, 0.05) is 35.2 Å². The highest BCUT2D eigenvalue weighted by Gasteiger charge is 2.17. The maximum absolute atomic E-state index is 10.8. The van der Waals surface area contributed by atoms with Crippen LogP contribution in [0.2, 0.25) is 0 Å². The summed E-state index contributed by atoms with van der Waals surface area (Å²) >= 11 is 0. The van der Waals surface area contributed by atoms with Crippen molar-refractivity contribution >= 4 is 16.6 Å². The zero-order chi connectivity index (χ0) is 14.7. The third-order valence-corrected chi connectivity index (χ3v) is 3.79. The number of nitro groups is 1. The molecule has 0 radical (unpaired) electrons. The molecule has 2 unspecified atom stereocenters. The SMILES string of the molecule is CCC(NC)C(C)c1ccc2cc([N+](=O)[O-])ccc2n1. The number of likely N-dealkylation sites (N-methyl/N-ethyl adjacent to an activating group) is 1. The Bertz CT molecular complexity index is 624. The second kappa shape index (κ2) is 5.96. The fraction of sp³-hybridized carbons (Fsp3) is 0.400. The summed E-state index contributed by atoms with van der Waals surface area (Å²) in [6.45, 7) is 4.28. The van der Waals surface area contributed by atoms with Gasteiger partial charge in [-0.05, 0) is 25.6 Å². The highest BCUT2D eigenvalue weighted by Crippen LogP contribution is 2.24. The normalized spacial score (nSPS) is 14.2. The number of hydrogen-bond donors (Lipinski definition) is 1. The molecule has 0 bridgehead atoms. The summed E-state index contributed by atoms with van der Waals surface area (Å²) in [5, 5.41) is 14.9. The fourth-order valence-corrected chi connectivity index (χ4v) is 2.51. The zero-order valence-corrected chi connectivity index (χ0v) is 12.0. The van der Waals surface area contributed by atoms with Gasteiger partial charge >= 0.3 is 0 Å². The number of pyridine rings is 1. The third kappa shape index (κ3) is 2.77. The van der Waals surface area contributed by atoms with Gasteiger partial charge in [0.2, 0.25) is 0 Å². The van der Waals surface area contributed by atoms with Crippen LogP contribution >= 0.6 is 0 Å². The van der Waals surface area contributed by atoms with Crippen LogP contribution in [0, 0.1) is 10.1 Å². The van der Waals surface area contributed by atoms with E-state index in [4.69, 9.17) is 0 Å². The predicted octanol–water partition coefficient (Wildman–Crippen LogP) is 3.24. The minimum absolute atomic E-state index is 0.0989. The molecule has 0 spiro atoms. The van der Waals surface area contributed by atoms with Crippen molar-refractivity contribution in [3.8, 4) is 0 Å². The Hall–Kier alpha value is -2.01. The van der Waals surface area contributed by atoms with Gasteiger partial charge < -0.3 is 5.32 Å². The number of nitrogens with one attached hydrogen (secondary N) is 1. The van der Waals surface area contributed by atoms with E-state index in [1.807, 2.05) is 19.2 Å². The number of nitrogens with zero attached hydrogens (tertiary/aromatic N) is 2. The van der Waals surface area contributed by atoms with Gasteiger partial charge in [0.25, 0.3) is 5.69 Å². The predicted molar refractivity (Wildman–Crippen MR) is 80.0 cm³/mol. The van der Waals surface area contributed by atoms with Crippen LogP contribution in [0.3, 0.4) is 0 Å². The van der Waals surface area contributed by atoms with E-state index in [1.54, 1.807) is 12.1 Å². The van der Waals surface area contributed by atoms with Crippen LogP contribution in [0.25, 0.3) is 10.9 Å². The molecule has 0 aliphatic heterocycles. The molecule has 2 aromatic rings. The van der Waals surface area contributed by atoms with E-state index in [2.05, 4.69) is 24.1 Å². The third-order valence-electron chi connectivity index (χ3n) is 3.79. The van der Waals surface area contributed by atoms with Gasteiger partial charge in [-0.2, -0.15) is 0 Å². The van der Waals surface area contributed by atoms with Crippen LogP contribution in [-0.2, 0) is 0 Å². The van der Waals surface area contributed by atoms with E-state index in [-0.39, 0.29) is 10.6 Å². The summed E-state index contributed by atoms with van der Waals surface area (Å²) in [6, 6.07) is 9.01. The number of hydrogen-bond acceptors (Lipinski definition) is 4. The zero-order valence-electron chi connectivity index (χ0n) is 12.0. The van der Waals surface area contributed by atoms with E-state index in [0.717, 1.165) is 23.0 Å². The monoisotopic (exact) mass is 273 g/mol. The lowest BCUT2D eigenvalue weighted by Gasteiger charge is -2.21. The molecular weight excluding hydrogens is 254 g/mol. The summed E-state index contributed by atoms with van der Waals surface area (Å²) in [5.74, 6) is 0.296. The van der Waals surface area contributed by atoms with Crippen molar-refractivity contribution in [2.24, 2.45) is 0 Å². The molecule has 5 nitrogen and oxygen atoms in total. The smallest absolute Gasteiger partial charge is 0.270 e. The Labute approximate surface area is 118 Å². The van der Waals surface area contributed by atoms with Crippen LogP contribution in [0.4, 0.5) is 5.69 Å². The van der Waals surface area contributed by atoms with Gasteiger partial charge in [0.15, 0.2) is 0 Å². The topological polar surface area (TPSA) is 68.1 Å². The maximum Gasteiger partial charge on any atom is 0.270 e. The van der Waals surface area contributed by atoms with Crippen molar-refractivity contribution in [2.45, 2.75) is 32.2 Å². The molecule has 106 valence electrons. The lowest BCUT2D eigenvalue weighted by molar-refractivity contribution is -0.384. The molecule has 2 atom stereocenters. The van der Waals surface area contributed by atoms with Crippen LogP contribution in [0.5, 0.6) is 0 Å². The molecule has 5 heteroatoms. The van der Waals surface area contributed by atoms with Crippen LogP contribution in [0.15, 0.2) is 30.3 Å². The average molecular weight is 273 g/mol. The number of rotatable bonds is 5. The summed E-state index contributed by atoms with van der Waals surface area (Å²) in [5.41, 5.74) is 1.90. The van der Waals surface area contributed by atoms with Crippen molar-refractivity contribution in [2.75, 3.05) is 7.05 Å². The van der Waals surface area contributed by atoms with Gasteiger partial charge in [0.05, 0.1) is 10.4 Å². The highest BCUT2D eigenvalue weighted by molar-refractivity contribution is 5.81. The summed E-state index contributed by atoms with van der Waals surface area (Å²) < 4.78 is 0. The average Bonchev–Trinajstić information content (AvgIpc) is 2.47. The Morgan fingerprint density at radius 3 is 2.70 bits per heavy atom. The number of aromatic nitrogens is 1. The fourth-order valence-electron chi connectivity index (χ4n) is 2.51. The van der Waals surface area contributed by atoms with E-state index < -0.39 is 0 Å². The minimum atomic E-state index is -0.385. The Morgan fingerprint density at radius 1 is 1.35 bits per heavy atom. The standard InChI is InChI=1S/C15H19N3O2/c1-4-13(16-3)10(2)14-7-5-11-9-12(18(19)20)6-8-15(11)17-14/h5-10,13,16H,4H2,1-3H3. The van der Waals surface area contributed by atoms with Crippen molar-refractivity contribution in [1.82, 2.24) is 10.3 Å².